The van der Waals surface area contributed by atoms with Crippen molar-refractivity contribution in [3.63, 3.8) is 0 Å². The lowest BCUT2D eigenvalue weighted by atomic mass is 10.2. The molecule has 1 N–H and O–H groups in total. The number of hydrogen-bond donors (Lipinski definition) is 1. The highest BCUT2D eigenvalue weighted by Gasteiger charge is 2.07. The van der Waals surface area contributed by atoms with E-state index in [4.69, 9.17) is 14.2 Å². The number of methoxy groups -OCH3 is 1. The van der Waals surface area contributed by atoms with E-state index in [-0.39, 0.29) is 6.29 Å². The lowest BCUT2D eigenvalue weighted by molar-refractivity contribution is -0.138. The van der Waals surface area contributed by atoms with Gasteiger partial charge in [0.25, 0.3) is 0 Å². The Morgan fingerprint density at radius 3 is 2.25 bits per heavy atom. The van der Waals surface area contributed by atoms with Gasteiger partial charge >= 0.3 is 0 Å². The Labute approximate surface area is 99.6 Å². The van der Waals surface area contributed by atoms with Crippen molar-refractivity contribution in [1.82, 2.24) is 5.32 Å². The molecule has 0 aliphatic heterocycles. The predicted octanol–water partition coefficient (Wildman–Crippen LogP) is 1.65. The molecule has 0 spiro atoms. The van der Waals surface area contributed by atoms with Crippen LogP contribution in [-0.4, -0.2) is 46.3 Å². The van der Waals surface area contributed by atoms with E-state index in [0.717, 1.165) is 26.1 Å². The van der Waals surface area contributed by atoms with Crippen LogP contribution < -0.4 is 5.32 Å². The predicted molar refractivity (Wildman–Crippen MR) is 65.6 cm³/mol. The van der Waals surface area contributed by atoms with Gasteiger partial charge in [-0.1, -0.05) is 6.92 Å². The van der Waals surface area contributed by atoms with E-state index < -0.39 is 0 Å². The van der Waals surface area contributed by atoms with Crippen LogP contribution in [0.4, 0.5) is 0 Å². The van der Waals surface area contributed by atoms with Crippen LogP contribution in [-0.2, 0) is 14.2 Å². The summed E-state index contributed by atoms with van der Waals surface area (Å²) < 4.78 is 16.0. The summed E-state index contributed by atoms with van der Waals surface area (Å²) in [6.45, 7) is 10.2. The zero-order valence-electron chi connectivity index (χ0n) is 11.1. The SMILES string of the molecule is CCOC(CCNCC(C)COC)OCC. The van der Waals surface area contributed by atoms with Gasteiger partial charge in [0.05, 0.1) is 0 Å². The van der Waals surface area contributed by atoms with Gasteiger partial charge in [0.2, 0.25) is 0 Å². The Morgan fingerprint density at radius 1 is 1.12 bits per heavy atom. The van der Waals surface area contributed by atoms with Gasteiger partial charge in [0.1, 0.15) is 0 Å². The van der Waals surface area contributed by atoms with Crippen molar-refractivity contribution < 1.29 is 14.2 Å². The molecule has 0 aromatic heterocycles. The van der Waals surface area contributed by atoms with Gasteiger partial charge < -0.3 is 19.5 Å². The second kappa shape index (κ2) is 11.3. The Bertz CT molecular complexity index is 138. The van der Waals surface area contributed by atoms with Crippen LogP contribution in [0.25, 0.3) is 0 Å². The fraction of sp³-hybridized carbons (Fsp3) is 1.00. The van der Waals surface area contributed by atoms with Crippen molar-refractivity contribution in [1.29, 1.82) is 0 Å². The first kappa shape index (κ1) is 15.8. The van der Waals surface area contributed by atoms with Crippen LogP contribution in [0.5, 0.6) is 0 Å². The third-order valence-corrected chi connectivity index (χ3v) is 2.21. The highest BCUT2D eigenvalue weighted by Crippen LogP contribution is 2.00. The van der Waals surface area contributed by atoms with Crippen molar-refractivity contribution in [3.8, 4) is 0 Å². The van der Waals surface area contributed by atoms with Gasteiger partial charge in [0.15, 0.2) is 6.29 Å². The van der Waals surface area contributed by atoms with E-state index >= 15 is 0 Å². The highest BCUT2D eigenvalue weighted by molar-refractivity contribution is 4.57. The fourth-order valence-electron chi connectivity index (χ4n) is 1.50. The Morgan fingerprint density at radius 2 is 1.75 bits per heavy atom. The van der Waals surface area contributed by atoms with Crippen LogP contribution >= 0.6 is 0 Å². The fourth-order valence-corrected chi connectivity index (χ4v) is 1.50. The molecule has 0 saturated carbocycles. The Balaban J connectivity index is 3.45. The molecule has 0 amide bonds. The first-order valence-corrected chi connectivity index (χ1v) is 6.17. The summed E-state index contributed by atoms with van der Waals surface area (Å²) in [5.74, 6) is 0.544. The molecule has 1 unspecified atom stereocenters. The Kier molecular flexibility index (Phi) is 11.2. The molecular weight excluding hydrogens is 206 g/mol. The zero-order valence-corrected chi connectivity index (χ0v) is 11.1. The summed E-state index contributed by atoms with van der Waals surface area (Å²) in [4.78, 5) is 0. The molecule has 0 aromatic carbocycles. The van der Waals surface area contributed by atoms with Crippen LogP contribution in [0.15, 0.2) is 0 Å². The summed E-state index contributed by atoms with van der Waals surface area (Å²) in [7, 11) is 1.73. The molecule has 0 fully saturated rings. The second-order valence-corrected chi connectivity index (χ2v) is 3.89. The monoisotopic (exact) mass is 233 g/mol. The molecule has 1 atom stereocenters. The van der Waals surface area contributed by atoms with E-state index in [1.54, 1.807) is 7.11 Å². The van der Waals surface area contributed by atoms with E-state index in [0.29, 0.717) is 19.1 Å². The molecule has 4 nitrogen and oxygen atoms in total. The Hall–Kier alpha value is -0.160. The van der Waals surface area contributed by atoms with Gasteiger partial charge in [-0.05, 0) is 32.9 Å². The minimum absolute atomic E-state index is 0.0692. The molecule has 16 heavy (non-hydrogen) atoms. The molecule has 0 aliphatic rings. The largest absolute Gasteiger partial charge is 0.384 e. The maximum atomic E-state index is 5.45. The molecule has 0 rings (SSSR count). The first-order chi connectivity index (χ1) is 7.74. The number of nitrogens with one attached hydrogen (secondary N) is 1. The minimum atomic E-state index is -0.0692. The number of hydrogen-bond acceptors (Lipinski definition) is 4. The third kappa shape index (κ3) is 9.09. The number of ether oxygens (including phenoxy) is 3. The van der Waals surface area contributed by atoms with Crippen LogP contribution in [0.1, 0.15) is 27.2 Å². The second-order valence-electron chi connectivity index (χ2n) is 3.89. The topological polar surface area (TPSA) is 39.7 Å². The van der Waals surface area contributed by atoms with Gasteiger partial charge in [-0.25, -0.2) is 0 Å². The molecule has 0 aromatic rings. The molecule has 4 heteroatoms. The molecule has 0 radical (unpaired) electrons. The molecule has 0 heterocycles. The van der Waals surface area contributed by atoms with Gasteiger partial charge in [0, 0.05) is 33.4 Å². The normalized spacial score (nSPS) is 13.3. The number of rotatable bonds is 11. The molecule has 0 bridgehead atoms. The average molecular weight is 233 g/mol. The molecule has 0 saturated heterocycles. The van der Waals surface area contributed by atoms with Gasteiger partial charge in [-0.3, -0.25) is 0 Å². The van der Waals surface area contributed by atoms with Crippen molar-refractivity contribution in [2.45, 2.75) is 33.5 Å². The van der Waals surface area contributed by atoms with E-state index in [2.05, 4.69) is 12.2 Å². The zero-order chi connectivity index (χ0) is 12.2. The summed E-state index contributed by atoms with van der Waals surface area (Å²) in [6.07, 6.45) is 0.821. The summed E-state index contributed by atoms with van der Waals surface area (Å²) in [5.41, 5.74) is 0. The van der Waals surface area contributed by atoms with Gasteiger partial charge in [-0.2, -0.15) is 0 Å². The molecule has 0 aliphatic carbocycles. The van der Waals surface area contributed by atoms with Crippen molar-refractivity contribution in [2.75, 3.05) is 40.0 Å². The van der Waals surface area contributed by atoms with Crippen molar-refractivity contribution >= 4 is 0 Å². The quantitative estimate of drug-likeness (QED) is 0.435. The highest BCUT2D eigenvalue weighted by atomic mass is 16.7. The van der Waals surface area contributed by atoms with E-state index in [1.807, 2.05) is 13.8 Å². The smallest absolute Gasteiger partial charge is 0.158 e. The molecule has 98 valence electrons. The minimum Gasteiger partial charge on any atom is -0.384 e. The van der Waals surface area contributed by atoms with Gasteiger partial charge in [-0.15, -0.1) is 0 Å². The van der Waals surface area contributed by atoms with Crippen LogP contribution in [0.3, 0.4) is 0 Å². The van der Waals surface area contributed by atoms with E-state index in [9.17, 15) is 0 Å². The standard InChI is InChI=1S/C12H27NO3/c1-5-15-12(16-6-2)7-8-13-9-11(3)10-14-4/h11-13H,5-10H2,1-4H3. The first-order valence-electron chi connectivity index (χ1n) is 6.17. The van der Waals surface area contributed by atoms with E-state index in [1.165, 1.54) is 0 Å². The lowest BCUT2D eigenvalue weighted by Gasteiger charge is -2.18. The van der Waals surface area contributed by atoms with Crippen LogP contribution in [0, 0.1) is 5.92 Å². The molecular formula is C12H27NO3. The van der Waals surface area contributed by atoms with Crippen LogP contribution in [0.2, 0.25) is 0 Å². The maximum absolute atomic E-state index is 5.45. The maximum Gasteiger partial charge on any atom is 0.158 e. The third-order valence-electron chi connectivity index (χ3n) is 2.21. The lowest BCUT2D eigenvalue weighted by Crippen LogP contribution is -2.28. The van der Waals surface area contributed by atoms with Crippen molar-refractivity contribution in [2.24, 2.45) is 5.92 Å². The summed E-state index contributed by atoms with van der Waals surface area (Å²) in [5, 5.41) is 3.38. The average Bonchev–Trinajstić information content (AvgIpc) is 2.25. The summed E-state index contributed by atoms with van der Waals surface area (Å²) in [6, 6.07) is 0. The summed E-state index contributed by atoms with van der Waals surface area (Å²) >= 11 is 0. The van der Waals surface area contributed by atoms with Crippen molar-refractivity contribution in [3.05, 3.63) is 0 Å².